The van der Waals surface area contributed by atoms with Crippen molar-refractivity contribution in [2.24, 2.45) is 28.6 Å². The van der Waals surface area contributed by atoms with Crippen LogP contribution in [0.5, 0.6) is 0 Å². The minimum atomic E-state index is 0.598. The molecule has 0 radical (unpaired) electrons. The minimum absolute atomic E-state index is 0.598. The van der Waals surface area contributed by atoms with Crippen molar-refractivity contribution in [1.29, 1.82) is 0 Å². The summed E-state index contributed by atoms with van der Waals surface area (Å²) < 4.78 is 0. The third-order valence-electron chi connectivity index (χ3n) is 8.57. The molecule has 0 heteroatoms. The Morgan fingerprint density at radius 1 is 1.05 bits per heavy atom. The van der Waals surface area contributed by atoms with Gasteiger partial charge in [-0.2, -0.15) is 0 Å². The quantitative estimate of drug-likeness (QED) is 0.497. The van der Waals surface area contributed by atoms with E-state index in [1.165, 1.54) is 51.4 Å². The van der Waals surface area contributed by atoms with Crippen molar-refractivity contribution in [3.63, 3.8) is 0 Å². The molecule has 0 unspecified atom stereocenters. The van der Waals surface area contributed by atoms with Crippen molar-refractivity contribution in [2.45, 2.75) is 97.3 Å². The normalized spacial score (nSPS) is 47.4. The number of unbranched alkanes of at least 4 members (excludes halogenated alkanes) is 1. The van der Waals surface area contributed by atoms with Gasteiger partial charge in [0.15, 0.2) is 0 Å². The van der Waals surface area contributed by atoms with E-state index in [1.807, 2.05) is 5.57 Å². The van der Waals surface area contributed by atoms with E-state index in [0.717, 1.165) is 23.2 Å². The van der Waals surface area contributed by atoms with Crippen LogP contribution in [0.4, 0.5) is 0 Å². The van der Waals surface area contributed by atoms with Crippen molar-refractivity contribution < 1.29 is 0 Å². The average Bonchev–Trinajstić information content (AvgIpc) is 2.96. The van der Waals surface area contributed by atoms with Crippen LogP contribution >= 0.6 is 0 Å². The first-order chi connectivity index (χ1) is 10.7. The van der Waals surface area contributed by atoms with E-state index in [9.17, 15) is 0 Å². The van der Waals surface area contributed by atoms with Crippen LogP contribution in [0.1, 0.15) is 97.3 Å². The lowest BCUT2D eigenvalue weighted by molar-refractivity contribution is -0.0379. The van der Waals surface area contributed by atoms with Crippen molar-refractivity contribution >= 4 is 0 Å². The Labute approximate surface area is 138 Å². The van der Waals surface area contributed by atoms with Crippen molar-refractivity contribution in [1.82, 2.24) is 0 Å². The monoisotopic (exact) mass is 300 g/mol. The zero-order chi connectivity index (χ0) is 15.2. The lowest BCUT2D eigenvalue weighted by Crippen LogP contribution is -2.48. The molecule has 0 nitrogen and oxygen atoms in total. The lowest BCUT2D eigenvalue weighted by Gasteiger charge is -2.57. The van der Waals surface area contributed by atoms with E-state index in [1.54, 1.807) is 32.1 Å². The molecule has 4 rings (SSSR count). The van der Waals surface area contributed by atoms with Crippen LogP contribution < -0.4 is 0 Å². The molecule has 0 amide bonds. The van der Waals surface area contributed by atoms with E-state index >= 15 is 0 Å². The van der Waals surface area contributed by atoms with Gasteiger partial charge in [0, 0.05) is 0 Å². The van der Waals surface area contributed by atoms with Crippen LogP contribution in [0, 0.1) is 28.6 Å². The fourth-order valence-corrected chi connectivity index (χ4v) is 7.46. The highest BCUT2D eigenvalue weighted by Crippen LogP contribution is 2.66. The molecule has 22 heavy (non-hydrogen) atoms. The molecule has 3 fully saturated rings. The molecule has 0 aromatic heterocycles. The molecule has 3 saturated carbocycles. The highest BCUT2D eigenvalue weighted by atomic mass is 14.6. The molecule has 0 bridgehead atoms. The largest absolute Gasteiger partial charge is 0.0845 e. The number of rotatable bonds is 3. The Morgan fingerprint density at radius 3 is 2.82 bits per heavy atom. The van der Waals surface area contributed by atoms with Crippen molar-refractivity contribution in [3.05, 3.63) is 11.6 Å². The summed E-state index contributed by atoms with van der Waals surface area (Å²) in [5.74, 6) is 3.15. The average molecular weight is 301 g/mol. The van der Waals surface area contributed by atoms with Gasteiger partial charge < -0.3 is 0 Å². The Bertz CT molecular complexity index is 447. The summed E-state index contributed by atoms with van der Waals surface area (Å²) in [5, 5.41) is 0. The molecular weight excluding hydrogens is 264 g/mol. The molecule has 5 atom stereocenters. The van der Waals surface area contributed by atoms with Gasteiger partial charge in [-0.3, -0.25) is 0 Å². The SMILES string of the molecule is CCCC[C@@]12CCC[C@H]1[C@@H]1CC=C3CCCC[C@]3(C)[C@H]1CC2. The Morgan fingerprint density at radius 2 is 1.95 bits per heavy atom. The van der Waals surface area contributed by atoms with Gasteiger partial charge in [-0.25, -0.2) is 0 Å². The molecule has 4 aliphatic carbocycles. The fourth-order valence-electron chi connectivity index (χ4n) is 7.46. The summed E-state index contributed by atoms with van der Waals surface area (Å²) in [7, 11) is 0. The molecular formula is C22H36. The van der Waals surface area contributed by atoms with Crippen LogP contribution in [0.15, 0.2) is 11.6 Å². The molecule has 0 spiro atoms. The highest BCUT2D eigenvalue weighted by Gasteiger charge is 2.56. The fraction of sp³-hybridized carbons (Fsp3) is 0.909. The topological polar surface area (TPSA) is 0 Å². The van der Waals surface area contributed by atoms with Gasteiger partial charge in [-0.15, -0.1) is 0 Å². The zero-order valence-corrected chi connectivity index (χ0v) is 15.0. The Balaban J connectivity index is 1.62. The van der Waals surface area contributed by atoms with Gasteiger partial charge in [-0.1, -0.05) is 51.2 Å². The first-order valence-electron chi connectivity index (χ1n) is 10.4. The van der Waals surface area contributed by atoms with E-state index in [-0.39, 0.29) is 0 Å². The lowest BCUT2D eigenvalue weighted by atomic mass is 9.47. The van der Waals surface area contributed by atoms with E-state index in [4.69, 9.17) is 0 Å². The van der Waals surface area contributed by atoms with Crippen LogP contribution in [0.3, 0.4) is 0 Å². The van der Waals surface area contributed by atoms with E-state index < -0.39 is 0 Å². The second kappa shape index (κ2) is 5.67. The van der Waals surface area contributed by atoms with E-state index in [2.05, 4.69) is 19.9 Å². The summed E-state index contributed by atoms with van der Waals surface area (Å²) in [6, 6.07) is 0. The Kier molecular flexibility index (Phi) is 3.94. The summed E-state index contributed by atoms with van der Waals surface area (Å²) >= 11 is 0. The molecule has 0 N–H and O–H groups in total. The van der Waals surface area contributed by atoms with Crippen molar-refractivity contribution in [3.8, 4) is 0 Å². The maximum Gasteiger partial charge on any atom is -0.00853 e. The first kappa shape index (κ1) is 15.3. The number of allylic oxidation sites excluding steroid dienone is 2. The summed E-state index contributed by atoms with van der Waals surface area (Å²) in [6.45, 7) is 5.04. The van der Waals surface area contributed by atoms with Crippen LogP contribution in [0.2, 0.25) is 0 Å². The minimum Gasteiger partial charge on any atom is -0.0845 e. The van der Waals surface area contributed by atoms with Gasteiger partial charge in [0.05, 0.1) is 0 Å². The number of hydrogen-bond donors (Lipinski definition) is 0. The van der Waals surface area contributed by atoms with Gasteiger partial charge in [0.1, 0.15) is 0 Å². The van der Waals surface area contributed by atoms with Gasteiger partial charge in [0.25, 0.3) is 0 Å². The molecule has 0 heterocycles. The van der Waals surface area contributed by atoms with Gasteiger partial charge >= 0.3 is 0 Å². The van der Waals surface area contributed by atoms with Gasteiger partial charge in [-0.05, 0) is 86.4 Å². The third-order valence-corrected chi connectivity index (χ3v) is 8.57. The van der Waals surface area contributed by atoms with Crippen LogP contribution in [0.25, 0.3) is 0 Å². The summed E-state index contributed by atoms with van der Waals surface area (Å²) in [5.41, 5.74) is 3.24. The van der Waals surface area contributed by atoms with Gasteiger partial charge in [0.2, 0.25) is 0 Å². The first-order valence-corrected chi connectivity index (χ1v) is 10.4. The highest BCUT2D eigenvalue weighted by molar-refractivity contribution is 5.24. The van der Waals surface area contributed by atoms with E-state index in [0.29, 0.717) is 5.41 Å². The molecule has 0 aliphatic heterocycles. The summed E-state index contributed by atoms with van der Waals surface area (Å²) in [4.78, 5) is 0. The Hall–Kier alpha value is -0.260. The molecule has 4 aliphatic rings. The number of hydrogen-bond acceptors (Lipinski definition) is 0. The van der Waals surface area contributed by atoms with Crippen molar-refractivity contribution in [2.75, 3.05) is 0 Å². The zero-order valence-electron chi connectivity index (χ0n) is 15.0. The van der Waals surface area contributed by atoms with Crippen LogP contribution in [-0.2, 0) is 0 Å². The number of fused-ring (bicyclic) bond motifs is 5. The maximum absolute atomic E-state index is 2.73. The molecule has 0 aromatic carbocycles. The standard InChI is InChI=1S/C22H36/c1-3-4-14-22-15-7-9-20(22)18-11-10-17-8-5-6-13-21(17,2)19(18)12-16-22/h10,18-20H,3-9,11-16H2,1-2H3/t18-,19+,20+,21+,22+/m1/s1. The third kappa shape index (κ3) is 2.15. The second-order valence-electron chi connectivity index (χ2n) is 9.36. The smallest absolute Gasteiger partial charge is 0.00853 e. The molecule has 0 aromatic rings. The van der Waals surface area contributed by atoms with Crippen LogP contribution in [-0.4, -0.2) is 0 Å². The second-order valence-corrected chi connectivity index (χ2v) is 9.36. The summed E-state index contributed by atoms with van der Waals surface area (Å²) in [6.07, 6.45) is 22.2. The molecule has 0 saturated heterocycles. The predicted molar refractivity (Wildman–Crippen MR) is 94.8 cm³/mol. The maximum atomic E-state index is 2.73. The predicted octanol–water partition coefficient (Wildman–Crippen LogP) is 6.90. The molecule has 124 valence electrons.